The molecule has 6 nitrogen and oxygen atoms in total. The Kier molecular flexibility index (Phi) is 7.23. The van der Waals surface area contributed by atoms with Crippen LogP contribution in [0.15, 0.2) is 24.3 Å². The summed E-state index contributed by atoms with van der Waals surface area (Å²) in [6.45, 7) is 1.74. The van der Waals surface area contributed by atoms with Gasteiger partial charge in [0.25, 0.3) is 0 Å². The highest BCUT2D eigenvalue weighted by Crippen LogP contribution is 2.29. The molecule has 1 aliphatic rings. The van der Waals surface area contributed by atoms with Gasteiger partial charge in [0.05, 0.1) is 11.9 Å². The summed E-state index contributed by atoms with van der Waals surface area (Å²) in [5.41, 5.74) is 0.882. The average molecular weight is 438 g/mol. The van der Waals surface area contributed by atoms with E-state index in [1.807, 2.05) is 43.3 Å². The van der Waals surface area contributed by atoms with E-state index >= 15 is 0 Å². The molecular formula is C22H30F3N5O. The molecule has 2 aromatic rings. The molecule has 0 saturated heterocycles. The first kappa shape index (κ1) is 23.1. The normalized spacial score (nSPS) is 20.3. The molecule has 1 aliphatic carbocycles. The summed E-state index contributed by atoms with van der Waals surface area (Å²) in [5.74, 6) is 0.139. The molecule has 31 heavy (non-hydrogen) atoms. The van der Waals surface area contributed by atoms with Gasteiger partial charge in [-0.3, -0.25) is 4.79 Å². The van der Waals surface area contributed by atoms with Gasteiger partial charge in [0.1, 0.15) is 5.82 Å². The lowest BCUT2D eigenvalue weighted by molar-refractivity contribution is -0.153. The third-order valence-corrected chi connectivity index (χ3v) is 5.74. The second-order valence-electron chi connectivity index (χ2n) is 8.61. The number of carbonyl (C=O) groups excluding carboxylic acids is 1. The van der Waals surface area contributed by atoms with Crippen LogP contribution in [0.5, 0.6) is 0 Å². The SMILES string of the molecule is CC(CC(F)(F)F)C(=O)NCC1CCC(Nc2nc(N(C)C)c3ccccc3n2)CC1. The van der Waals surface area contributed by atoms with Gasteiger partial charge in [-0.1, -0.05) is 19.1 Å². The quantitative estimate of drug-likeness (QED) is 0.673. The standard InChI is InChI=1S/C22H30F3N5O/c1-14(12-22(23,24)25)20(31)26-13-15-8-10-16(11-9-15)27-21-28-18-7-5-4-6-17(18)19(29-21)30(2)3/h4-7,14-16H,8-13H2,1-3H3,(H,26,31)(H,27,28,29). The van der Waals surface area contributed by atoms with E-state index in [9.17, 15) is 18.0 Å². The van der Waals surface area contributed by atoms with Crippen molar-refractivity contribution in [3.05, 3.63) is 24.3 Å². The van der Waals surface area contributed by atoms with Crippen molar-refractivity contribution in [1.82, 2.24) is 15.3 Å². The summed E-state index contributed by atoms with van der Waals surface area (Å²) in [5, 5.41) is 7.12. The lowest BCUT2D eigenvalue weighted by Crippen LogP contribution is -2.37. The maximum Gasteiger partial charge on any atom is 0.389 e. The van der Waals surface area contributed by atoms with Crippen molar-refractivity contribution in [2.45, 2.75) is 51.2 Å². The molecule has 1 saturated carbocycles. The number of benzene rings is 1. The van der Waals surface area contributed by atoms with Crippen molar-refractivity contribution in [3.63, 3.8) is 0 Å². The molecule has 0 bridgehead atoms. The minimum absolute atomic E-state index is 0.229. The molecule has 1 heterocycles. The highest BCUT2D eigenvalue weighted by atomic mass is 19.4. The lowest BCUT2D eigenvalue weighted by atomic mass is 9.86. The first-order chi connectivity index (χ1) is 14.6. The number of amides is 1. The Morgan fingerprint density at radius 3 is 2.48 bits per heavy atom. The lowest BCUT2D eigenvalue weighted by Gasteiger charge is -2.30. The van der Waals surface area contributed by atoms with Crippen molar-refractivity contribution in [2.75, 3.05) is 30.9 Å². The Morgan fingerprint density at radius 1 is 1.16 bits per heavy atom. The molecule has 1 atom stereocenters. The van der Waals surface area contributed by atoms with Crippen LogP contribution >= 0.6 is 0 Å². The van der Waals surface area contributed by atoms with Gasteiger partial charge in [-0.05, 0) is 43.7 Å². The molecule has 1 fully saturated rings. The predicted octanol–water partition coefficient (Wildman–Crippen LogP) is 4.37. The number of hydrogen-bond acceptors (Lipinski definition) is 5. The summed E-state index contributed by atoms with van der Waals surface area (Å²) in [6.07, 6.45) is -1.84. The number of aromatic nitrogens is 2. The summed E-state index contributed by atoms with van der Waals surface area (Å²) < 4.78 is 37.3. The molecule has 9 heteroatoms. The van der Waals surface area contributed by atoms with E-state index < -0.39 is 24.4 Å². The van der Waals surface area contributed by atoms with Crippen LogP contribution < -0.4 is 15.5 Å². The summed E-state index contributed by atoms with van der Waals surface area (Å²) >= 11 is 0. The Morgan fingerprint density at radius 2 is 1.84 bits per heavy atom. The summed E-state index contributed by atoms with van der Waals surface area (Å²) in [6, 6.07) is 8.12. The van der Waals surface area contributed by atoms with Gasteiger partial charge in [0.2, 0.25) is 11.9 Å². The Hall–Kier alpha value is -2.58. The molecule has 1 amide bonds. The zero-order valence-electron chi connectivity index (χ0n) is 18.2. The highest BCUT2D eigenvalue weighted by molar-refractivity contribution is 5.90. The number of alkyl halides is 3. The van der Waals surface area contributed by atoms with E-state index in [0.717, 1.165) is 42.4 Å². The monoisotopic (exact) mass is 437 g/mol. The molecule has 2 N–H and O–H groups in total. The van der Waals surface area contributed by atoms with E-state index in [2.05, 4.69) is 20.6 Å². The van der Waals surface area contributed by atoms with E-state index in [4.69, 9.17) is 0 Å². The van der Waals surface area contributed by atoms with Crippen LogP contribution in [0.25, 0.3) is 10.9 Å². The fraction of sp³-hybridized carbons (Fsp3) is 0.591. The second kappa shape index (κ2) is 9.70. The zero-order valence-corrected chi connectivity index (χ0v) is 18.2. The minimum atomic E-state index is -4.32. The highest BCUT2D eigenvalue weighted by Gasteiger charge is 2.33. The first-order valence-corrected chi connectivity index (χ1v) is 10.7. The van der Waals surface area contributed by atoms with Crippen LogP contribution in [0.4, 0.5) is 24.9 Å². The van der Waals surface area contributed by atoms with Crippen molar-refractivity contribution < 1.29 is 18.0 Å². The smallest absolute Gasteiger partial charge is 0.362 e. The molecule has 170 valence electrons. The van der Waals surface area contributed by atoms with Crippen molar-refractivity contribution in [1.29, 1.82) is 0 Å². The third kappa shape index (κ3) is 6.45. The van der Waals surface area contributed by atoms with Crippen LogP contribution in [0.2, 0.25) is 0 Å². The third-order valence-electron chi connectivity index (χ3n) is 5.74. The molecule has 1 aromatic carbocycles. The van der Waals surface area contributed by atoms with Gasteiger partial charge in [-0.2, -0.15) is 18.2 Å². The van der Waals surface area contributed by atoms with Gasteiger partial charge >= 0.3 is 6.18 Å². The minimum Gasteiger partial charge on any atom is -0.362 e. The van der Waals surface area contributed by atoms with Crippen LogP contribution in [0.1, 0.15) is 39.0 Å². The number of nitrogens with one attached hydrogen (secondary N) is 2. The molecule has 3 rings (SSSR count). The number of carbonyl (C=O) groups is 1. The van der Waals surface area contributed by atoms with E-state index in [0.29, 0.717) is 12.5 Å². The molecular weight excluding hydrogens is 407 g/mol. The Labute approximate surface area is 180 Å². The molecule has 0 aliphatic heterocycles. The fourth-order valence-electron chi connectivity index (χ4n) is 4.02. The Balaban J connectivity index is 1.51. The first-order valence-electron chi connectivity index (χ1n) is 10.7. The van der Waals surface area contributed by atoms with Crippen LogP contribution in [-0.2, 0) is 4.79 Å². The van der Waals surface area contributed by atoms with Gasteiger partial charge in [-0.15, -0.1) is 0 Å². The number of hydrogen-bond donors (Lipinski definition) is 2. The van der Waals surface area contributed by atoms with Crippen molar-refractivity contribution >= 4 is 28.6 Å². The van der Waals surface area contributed by atoms with E-state index in [-0.39, 0.29) is 12.0 Å². The summed E-state index contributed by atoms with van der Waals surface area (Å²) in [7, 11) is 3.90. The topological polar surface area (TPSA) is 70.2 Å². The van der Waals surface area contributed by atoms with Gasteiger partial charge in [0, 0.05) is 38.0 Å². The fourth-order valence-corrected chi connectivity index (χ4v) is 4.02. The van der Waals surface area contributed by atoms with Crippen molar-refractivity contribution in [3.8, 4) is 0 Å². The summed E-state index contributed by atoms with van der Waals surface area (Å²) in [4.78, 5) is 23.2. The zero-order chi connectivity index (χ0) is 22.6. The number of nitrogens with zero attached hydrogens (tertiary/aromatic N) is 3. The van der Waals surface area contributed by atoms with Crippen LogP contribution in [0, 0.1) is 11.8 Å². The number of fused-ring (bicyclic) bond motifs is 1. The van der Waals surface area contributed by atoms with E-state index in [1.54, 1.807) is 0 Å². The number of halogens is 3. The Bertz CT molecular complexity index is 894. The maximum atomic E-state index is 12.4. The average Bonchev–Trinajstić information content (AvgIpc) is 2.71. The molecule has 1 unspecified atom stereocenters. The van der Waals surface area contributed by atoms with Crippen LogP contribution in [-0.4, -0.2) is 48.7 Å². The molecule has 0 radical (unpaired) electrons. The van der Waals surface area contributed by atoms with Crippen LogP contribution in [0.3, 0.4) is 0 Å². The predicted molar refractivity (Wildman–Crippen MR) is 116 cm³/mol. The second-order valence-corrected chi connectivity index (χ2v) is 8.61. The maximum absolute atomic E-state index is 12.4. The van der Waals surface area contributed by atoms with Gasteiger partial charge in [0.15, 0.2) is 0 Å². The van der Waals surface area contributed by atoms with Gasteiger partial charge in [-0.25, -0.2) is 4.98 Å². The van der Waals surface area contributed by atoms with E-state index in [1.165, 1.54) is 6.92 Å². The molecule has 0 spiro atoms. The van der Waals surface area contributed by atoms with Crippen molar-refractivity contribution in [2.24, 2.45) is 11.8 Å². The number of rotatable bonds is 7. The number of para-hydroxylation sites is 1. The number of anilines is 2. The molecule has 1 aromatic heterocycles. The largest absolute Gasteiger partial charge is 0.389 e. The van der Waals surface area contributed by atoms with Gasteiger partial charge < -0.3 is 15.5 Å².